The molecular formula is C35H31N5O2. The summed E-state index contributed by atoms with van der Waals surface area (Å²) in [6, 6.07) is 28.2. The lowest BCUT2D eigenvalue weighted by Crippen LogP contribution is -2.20. The van der Waals surface area contributed by atoms with E-state index in [2.05, 4.69) is 38.7 Å². The van der Waals surface area contributed by atoms with Crippen LogP contribution in [-0.2, 0) is 6.54 Å². The minimum atomic E-state index is -0.202. The summed E-state index contributed by atoms with van der Waals surface area (Å²) in [5, 5.41) is 2.18. The number of aryl methyl sites for hydroxylation is 1. The first kappa shape index (κ1) is 25.0. The highest BCUT2D eigenvalue weighted by molar-refractivity contribution is 6.06. The topological polar surface area (TPSA) is 80.0 Å². The van der Waals surface area contributed by atoms with Crippen LogP contribution in [-0.4, -0.2) is 44.1 Å². The van der Waals surface area contributed by atoms with Gasteiger partial charge in [0.05, 0.1) is 22.1 Å². The van der Waals surface area contributed by atoms with Crippen molar-refractivity contribution in [1.29, 1.82) is 0 Å². The highest BCUT2D eigenvalue weighted by atomic mass is 16.3. The van der Waals surface area contributed by atoms with Gasteiger partial charge in [-0.25, -0.2) is 9.97 Å². The third-order valence-electron chi connectivity index (χ3n) is 8.55. The van der Waals surface area contributed by atoms with Crippen LogP contribution in [0, 0.1) is 0 Å². The fourth-order valence-electron chi connectivity index (χ4n) is 6.42. The Morgan fingerprint density at radius 2 is 1.52 bits per heavy atom. The minimum Gasteiger partial charge on any atom is -0.456 e. The molecule has 42 heavy (non-hydrogen) atoms. The van der Waals surface area contributed by atoms with E-state index in [4.69, 9.17) is 14.4 Å². The van der Waals surface area contributed by atoms with Crippen LogP contribution in [0.4, 0.5) is 0 Å². The molecule has 0 bridgehead atoms. The van der Waals surface area contributed by atoms with E-state index in [0.717, 1.165) is 81.4 Å². The predicted molar refractivity (Wildman–Crippen MR) is 169 cm³/mol. The van der Waals surface area contributed by atoms with E-state index in [1.165, 1.54) is 25.9 Å². The number of nitrogens with one attached hydrogen (secondary N) is 1. The maximum Gasteiger partial charge on any atom is 0.274 e. The van der Waals surface area contributed by atoms with E-state index in [-0.39, 0.29) is 5.56 Å². The summed E-state index contributed by atoms with van der Waals surface area (Å²) in [5.74, 6) is 0.916. The Balaban J connectivity index is 1.25. The molecule has 0 spiro atoms. The first-order valence-electron chi connectivity index (χ1n) is 14.8. The molecule has 0 atom stereocenters. The van der Waals surface area contributed by atoms with Crippen molar-refractivity contribution in [3.05, 3.63) is 95.3 Å². The number of nitrogens with zero attached hydrogens (tertiary/aromatic N) is 4. The molecular weight excluding hydrogens is 522 g/mol. The van der Waals surface area contributed by atoms with Crippen molar-refractivity contribution in [2.75, 3.05) is 19.6 Å². The second-order valence-corrected chi connectivity index (χ2v) is 11.3. The standard InChI is InChI=1S/C35H31N5O2/c41-35-33(23-10-2-1-3-11-23)36-28-22-30-29(21-27(28)38-35)37-34(40(30)19-9-8-18-39-16-6-7-17-39)24-14-15-32-26(20-24)25-12-4-5-13-31(25)42-32/h1-5,10-15,20-22H,6-9,16-19H2,(H,38,41). The molecule has 0 radical (unpaired) electrons. The Morgan fingerprint density at radius 1 is 0.738 bits per heavy atom. The number of hydrogen-bond acceptors (Lipinski definition) is 5. The van der Waals surface area contributed by atoms with Crippen LogP contribution in [0.2, 0.25) is 0 Å². The number of imidazole rings is 1. The Hall–Kier alpha value is -4.75. The normalized spacial score (nSPS) is 14.2. The van der Waals surface area contributed by atoms with Gasteiger partial charge in [-0.05, 0) is 81.7 Å². The summed E-state index contributed by atoms with van der Waals surface area (Å²) in [6.45, 7) is 4.43. The maximum atomic E-state index is 13.0. The van der Waals surface area contributed by atoms with Crippen molar-refractivity contribution in [3.63, 3.8) is 0 Å². The molecule has 1 N–H and O–H groups in total. The van der Waals surface area contributed by atoms with Gasteiger partial charge >= 0.3 is 0 Å². The zero-order chi connectivity index (χ0) is 28.0. The second-order valence-electron chi connectivity index (χ2n) is 11.3. The van der Waals surface area contributed by atoms with Crippen molar-refractivity contribution in [1.82, 2.24) is 24.4 Å². The Labute approximate surface area is 242 Å². The van der Waals surface area contributed by atoms with Crippen molar-refractivity contribution in [2.45, 2.75) is 32.2 Å². The predicted octanol–water partition coefficient (Wildman–Crippen LogP) is 7.38. The van der Waals surface area contributed by atoms with E-state index in [1.807, 2.05) is 60.7 Å². The van der Waals surface area contributed by atoms with E-state index >= 15 is 0 Å². The van der Waals surface area contributed by atoms with Gasteiger partial charge in [0.2, 0.25) is 0 Å². The van der Waals surface area contributed by atoms with Crippen LogP contribution in [0.15, 0.2) is 94.1 Å². The number of rotatable bonds is 7. The fraction of sp³-hybridized carbons (Fsp3) is 0.229. The van der Waals surface area contributed by atoms with Crippen LogP contribution < -0.4 is 5.56 Å². The van der Waals surface area contributed by atoms with Gasteiger partial charge in [-0.3, -0.25) is 4.79 Å². The first-order chi connectivity index (χ1) is 20.7. The maximum absolute atomic E-state index is 13.0. The first-order valence-corrected chi connectivity index (χ1v) is 14.8. The smallest absolute Gasteiger partial charge is 0.274 e. The second kappa shape index (κ2) is 10.3. The third kappa shape index (κ3) is 4.37. The van der Waals surface area contributed by atoms with E-state index in [1.54, 1.807) is 0 Å². The van der Waals surface area contributed by atoms with Crippen LogP contribution >= 0.6 is 0 Å². The lowest BCUT2D eigenvalue weighted by atomic mass is 10.1. The van der Waals surface area contributed by atoms with Crippen molar-refractivity contribution < 1.29 is 4.42 Å². The number of unbranched alkanes of at least 4 members (excludes halogenated alkanes) is 1. The molecule has 3 aromatic heterocycles. The fourth-order valence-corrected chi connectivity index (χ4v) is 6.42. The van der Waals surface area contributed by atoms with Gasteiger partial charge in [-0.1, -0.05) is 48.5 Å². The molecule has 1 fully saturated rings. The van der Waals surface area contributed by atoms with Gasteiger partial charge in [-0.2, -0.15) is 0 Å². The molecule has 7 nitrogen and oxygen atoms in total. The number of H-pyrrole nitrogens is 1. The summed E-state index contributed by atoms with van der Waals surface area (Å²) in [4.78, 5) is 28.6. The molecule has 1 aliphatic heterocycles. The van der Waals surface area contributed by atoms with Crippen LogP contribution in [0.25, 0.3) is 66.7 Å². The third-order valence-corrected chi connectivity index (χ3v) is 8.55. The van der Waals surface area contributed by atoms with E-state index < -0.39 is 0 Å². The van der Waals surface area contributed by atoms with E-state index in [9.17, 15) is 4.79 Å². The highest BCUT2D eigenvalue weighted by Crippen LogP contribution is 2.34. The number of para-hydroxylation sites is 1. The van der Waals surface area contributed by atoms with Crippen molar-refractivity contribution in [2.24, 2.45) is 0 Å². The number of likely N-dealkylation sites (tertiary alicyclic amines) is 1. The molecule has 7 heteroatoms. The monoisotopic (exact) mass is 553 g/mol. The van der Waals surface area contributed by atoms with Gasteiger partial charge in [-0.15, -0.1) is 0 Å². The Bertz CT molecular complexity index is 2130. The molecule has 0 aliphatic carbocycles. The number of fused-ring (bicyclic) bond motifs is 5. The Morgan fingerprint density at radius 3 is 2.40 bits per heavy atom. The van der Waals surface area contributed by atoms with Gasteiger partial charge < -0.3 is 18.9 Å². The van der Waals surface area contributed by atoms with Crippen LogP contribution in [0.3, 0.4) is 0 Å². The molecule has 4 heterocycles. The quantitative estimate of drug-likeness (QED) is 0.208. The molecule has 0 amide bonds. The SMILES string of the molecule is O=c1[nH]c2cc3nc(-c4ccc5oc6ccccc6c5c4)n(CCCCN4CCCC4)c3cc2nc1-c1ccccc1. The molecule has 208 valence electrons. The van der Waals surface area contributed by atoms with Crippen LogP contribution in [0.5, 0.6) is 0 Å². The zero-order valence-corrected chi connectivity index (χ0v) is 23.3. The lowest BCUT2D eigenvalue weighted by Gasteiger charge is -2.15. The molecule has 1 aliphatic rings. The Kier molecular flexibility index (Phi) is 6.11. The molecule has 0 saturated carbocycles. The number of aromatic amines is 1. The van der Waals surface area contributed by atoms with Crippen molar-refractivity contribution in [3.8, 4) is 22.6 Å². The molecule has 7 aromatic rings. The van der Waals surface area contributed by atoms with Gasteiger partial charge in [0.25, 0.3) is 5.56 Å². The summed E-state index contributed by atoms with van der Waals surface area (Å²) >= 11 is 0. The van der Waals surface area contributed by atoms with Gasteiger partial charge in [0.1, 0.15) is 22.7 Å². The molecule has 1 saturated heterocycles. The number of aromatic nitrogens is 4. The molecule has 4 aromatic carbocycles. The lowest BCUT2D eigenvalue weighted by molar-refractivity contribution is 0.327. The van der Waals surface area contributed by atoms with E-state index in [0.29, 0.717) is 11.2 Å². The zero-order valence-electron chi connectivity index (χ0n) is 23.3. The number of hydrogen-bond donors (Lipinski definition) is 1. The summed E-state index contributed by atoms with van der Waals surface area (Å²) in [5.41, 5.74) is 7.13. The summed E-state index contributed by atoms with van der Waals surface area (Å²) in [6.07, 6.45) is 4.82. The molecule has 0 unspecified atom stereocenters. The largest absolute Gasteiger partial charge is 0.456 e. The summed E-state index contributed by atoms with van der Waals surface area (Å²) in [7, 11) is 0. The number of furan rings is 1. The average Bonchev–Trinajstić information content (AvgIpc) is 3.76. The minimum absolute atomic E-state index is 0.202. The van der Waals surface area contributed by atoms with Crippen molar-refractivity contribution >= 4 is 44.0 Å². The molecule has 8 rings (SSSR count). The average molecular weight is 554 g/mol. The summed E-state index contributed by atoms with van der Waals surface area (Å²) < 4.78 is 8.43. The van der Waals surface area contributed by atoms with Crippen LogP contribution in [0.1, 0.15) is 25.7 Å². The van der Waals surface area contributed by atoms with Gasteiger partial charge in [0, 0.05) is 28.4 Å². The number of benzene rings is 4. The van der Waals surface area contributed by atoms with Gasteiger partial charge in [0.15, 0.2) is 0 Å². The highest BCUT2D eigenvalue weighted by Gasteiger charge is 2.18.